The highest BCUT2D eigenvalue weighted by Gasteiger charge is 2.00. The first-order valence-electron chi connectivity index (χ1n) is 9.52. The molecule has 23 heavy (non-hydrogen) atoms. The van der Waals surface area contributed by atoms with E-state index in [9.17, 15) is 0 Å². The maximum absolute atomic E-state index is 2.29. The zero-order valence-electron chi connectivity index (χ0n) is 14.7. The van der Waals surface area contributed by atoms with E-state index in [1.807, 2.05) is 11.8 Å². The van der Waals surface area contributed by atoms with Gasteiger partial charge in [-0.05, 0) is 29.0 Å². The monoisotopic (exact) mass is 328 g/mol. The summed E-state index contributed by atoms with van der Waals surface area (Å²) < 4.78 is 0. The zero-order valence-corrected chi connectivity index (χ0v) is 15.5. The van der Waals surface area contributed by atoms with Gasteiger partial charge >= 0.3 is 0 Å². The van der Waals surface area contributed by atoms with Crippen molar-refractivity contribution < 1.29 is 0 Å². The standard InChI is InChI=1S/C22H32S/c1-2-3-4-5-6-7-8-9-10-13-19-23-22-18-14-16-20-15-11-12-17-21(20)22/h11-12,14-18H,2-10,13,19H2,1H3. The van der Waals surface area contributed by atoms with Crippen LogP contribution < -0.4 is 0 Å². The van der Waals surface area contributed by atoms with Crippen molar-refractivity contribution in [2.24, 2.45) is 0 Å². The number of rotatable bonds is 12. The molecule has 0 unspecified atom stereocenters. The van der Waals surface area contributed by atoms with Gasteiger partial charge in [0.2, 0.25) is 0 Å². The molecule has 2 aromatic carbocycles. The Bertz CT molecular complexity index is 541. The van der Waals surface area contributed by atoms with Gasteiger partial charge in [-0.25, -0.2) is 0 Å². The summed E-state index contributed by atoms with van der Waals surface area (Å²) in [5.41, 5.74) is 0. The number of hydrogen-bond donors (Lipinski definition) is 0. The molecule has 0 aliphatic heterocycles. The summed E-state index contributed by atoms with van der Waals surface area (Å²) in [6.45, 7) is 2.29. The molecule has 0 aliphatic carbocycles. The van der Waals surface area contributed by atoms with Crippen molar-refractivity contribution >= 4 is 22.5 Å². The van der Waals surface area contributed by atoms with Crippen LogP contribution in [0.15, 0.2) is 47.4 Å². The van der Waals surface area contributed by atoms with Gasteiger partial charge in [-0.3, -0.25) is 0 Å². The molecule has 0 aliphatic rings. The van der Waals surface area contributed by atoms with Crippen LogP contribution in [-0.2, 0) is 0 Å². The quantitative estimate of drug-likeness (QED) is 0.282. The first kappa shape index (κ1) is 18.4. The predicted molar refractivity (Wildman–Crippen MR) is 107 cm³/mol. The lowest BCUT2D eigenvalue weighted by Gasteiger charge is -2.06. The molecular formula is C22H32S. The summed E-state index contributed by atoms with van der Waals surface area (Å²) in [6, 6.07) is 15.4. The van der Waals surface area contributed by atoms with Crippen LogP contribution in [0, 0.1) is 0 Å². The Balaban J connectivity index is 1.54. The summed E-state index contributed by atoms with van der Waals surface area (Å²) >= 11 is 2.03. The van der Waals surface area contributed by atoms with Crippen LogP contribution in [0.1, 0.15) is 71.1 Å². The molecule has 1 heteroatoms. The van der Waals surface area contributed by atoms with Crippen molar-refractivity contribution in [3.8, 4) is 0 Å². The largest absolute Gasteiger partial charge is 0.126 e. The Labute approximate surface area is 147 Å². The Morgan fingerprint density at radius 1 is 0.652 bits per heavy atom. The SMILES string of the molecule is CCCCCCCCCCCCSc1cccc2ccccc12. The minimum absolute atomic E-state index is 1.25. The minimum Gasteiger partial charge on any atom is -0.126 e. The third-order valence-electron chi connectivity index (χ3n) is 4.51. The second-order valence-electron chi connectivity index (χ2n) is 6.51. The summed E-state index contributed by atoms with van der Waals surface area (Å²) in [6.07, 6.45) is 14.2. The van der Waals surface area contributed by atoms with Crippen LogP contribution in [0.25, 0.3) is 10.8 Å². The maximum Gasteiger partial charge on any atom is 0.0150 e. The molecular weight excluding hydrogens is 296 g/mol. The number of fused-ring (bicyclic) bond motifs is 1. The van der Waals surface area contributed by atoms with Crippen LogP contribution in [-0.4, -0.2) is 5.75 Å². The fourth-order valence-electron chi connectivity index (χ4n) is 3.09. The van der Waals surface area contributed by atoms with Crippen molar-refractivity contribution in [3.63, 3.8) is 0 Å². The van der Waals surface area contributed by atoms with Crippen molar-refractivity contribution in [2.45, 2.75) is 76.0 Å². The van der Waals surface area contributed by atoms with Crippen LogP contribution in [0.3, 0.4) is 0 Å². The van der Waals surface area contributed by atoms with Gasteiger partial charge in [0.1, 0.15) is 0 Å². The van der Waals surface area contributed by atoms with E-state index in [0.29, 0.717) is 0 Å². The maximum atomic E-state index is 2.29. The van der Waals surface area contributed by atoms with E-state index >= 15 is 0 Å². The molecule has 0 amide bonds. The lowest BCUT2D eigenvalue weighted by Crippen LogP contribution is -1.85. The second-order valence-corrected chi connectivity index (χ2v) is 7.64. The Morgan fingerprint density at radius 3 is 2.00 bits per heavy atom. The van der Waals surface area contributed by atoms with Gasteiger partial charge in [-0.2, -0.15) is 0 Å². The normalized spacial score (nSPS) is 11.2. The zero-order chi connectivity index (χ0) is 16.2. The van der Waals surface area contributed by atoms with Crippen LogP contribution in [0.4, 0.5) is 0 Å². The van der Waals surface area contributed by atoms with Crippen molar-refractivity contribution in [1.29, 1.82) is 0 Å². The van der Waals surface area contributed by atoms with Gasteiger partial charge in [-0.15, -0.1) is 11.8 Å². The molecule has 0 saturated carbocycles. The molecule has 0 radical (unpaired) electrons. The van der Waals surface area contributed by atoms with E-state index in [4.69, 9.17) is 0 Å². The minimum atomic E-state index is 1.25. The van der Waals surface area contributed by atoms with Crippen LogP contribution in [0.5, 0.6) is 0 Å². The highest BCUT2D eigenvalue weighted by molar-refractivity contribution is 7.99. The Morgan fingerprint density at radius 2 is 1.26 bits per heavy atom. The molecule has 0 bridgehead atoms. The summed E-state index contributed by atoms with van der Waals surface area (Å²) in [4.78, 5) is 1.44. The fraction of sp³-hybridized carbons (Fsp3) is 0.545. The molecule has 0 saturated heterocycles. The molecule has 0 heterocycles. The van der Waals surface area contributed by atoms with Crippen molar-refractivity contribution in [1.82, 2.24) is 0 Å². The molecule has 0 atom stereocenters. The summed E-state index contributed by atoms with van der Waals surface area (Å²) in [7, 11) is 0. The van der Waals surface area contributed by atoms with Gasteiger partial charge < -0.3 is 0 Å². The number of benzene rings is 2. The Hall–Kier alpha value is -0.950. The number of thioether (sulfide) groups is 1. The van der Waals surface area contributed by atoms with E-state index in [0.717, 1.165) is 0 Å². The average molecular weight is 329 g/mol. The third-order valence-corrected chi connectivity index (χ3v) is 5.66. The second kappa shape index (κ2) is 11.6. The topological polar surface area (TPSA) is 0 Å². The van der Waals surface area contributed by atoms with Crippen LogP contribution in [0.2, 0.25) is 0 Å². The molecule has 0 nitrogen and oxygen atoms in total. The first-order valence-corrected chi connectivity index (χ1v) is 10.5. The van der Waals surface area contributed by atoms with Gasteiger partial charge in [0.05, 0.1) is 0 Å². The summed E-state index contributed by atoms with van der Waals surface area (Å²) in [5.74, 6) is 1.25. The summed E-state index contributed by atoms with van der Waals surface area (Å²) in [5, 5.41) is 2.77. The molecule has 2 rings (SSSR count). The van der Waals surface area contributed by atoms with Gasteiger partial charge in [0, 0.05) is 4.90 Å². The van der Waals surface area contributed by atoms with Crippen LogP contribution >= 0.6 is 11.8 Å². The molecule has 0 N–H and O–H groups in total. The van der Waals surface area contributed by atoms with Gasteiger partial charge in [0.25, 0.3) is 0 Å². The lowest BCUT2D eigenvalue weighted by atomic mass is 10.1. The lowest BCUT2D eigenvalue weighted by molar-refractivity contribution is 0.563. The number of unbranched alkanes of at least 4 members (excludes halogenated alkanes) is 9. The highest BCUT2D eigenvalue weighted by atomic mass is 32.2. The van der Waals surface area contributed by atoms with E-state index in [1.54, 1.807) is 0 Å². The van der Waals surface area contributed by atoms with Gasteiger partial charge in [-0.1, -0.05) is 101 Å². The molecule has 0 spiro atoms. The Kier molecular flexibility index (Phi) is 9.25. The predicted octanol–water partition coefficient (Wildman–Crippen LogP) is 7.85. The molecule has 2 aromatic rings. The van der Waals surface area contributed by atoms with E-state index < -0.39 is 0 Å². The number of hydrogen-bond acceptors (Lipinski definition) is 1. The molecule has 0 aromatic heterocycles. The smallest absolute Gasteiger partial charge is 0.0150 e. The molecule has 126 valence electrons. The van der Waals surface area contributed by atoms with Crippen molar-refractivity contribution in [3.05, 3.63) is 42.5 Å². The first-order chi connectivity index (χ1) is 11.4. The van der Waals surface area contributed by atoms with E-state index in [1.165, 1.54) is 85.6 Å². The fourth-order valence-corrected chi connectivity index (χ4v) is 4.18. The van der Waals surface area contributed by atoms with E-state index in [-0.39, 0.29) is 0 Å². The molecule has 0 fully saturated rings. The van der Waals surface area contributed by atoms with Crippen molar-refractivity contribution in [2.75, 3.05) is 5.75 Å². The van der Waals surface area contributed by atoms with E-state index in [2.05, 4.69) is 49.4 Å². The third kappa shape index (κ3) is 6.99. The average Bonchev–Trinajstić information content (AvgIpc) is 2.60. The van der Waals surface area contributed by atoms with Gasteiger partial charge in [0.15, 0.2) is 0 Å². The highest BCUT2D eigenvalue weighted by Crippen LogP contribution is 2.28.